The van der Waals surface area contributed by atoms with Gasteiger partial charge in [-0.1, -0.05) is 26.0 Å². The number of ketones is 1. The number of carbonyl (C=O) groups excluding carboxylic acids is 1. The molecule has 4 aliphatic rings. The van der Waals surface area contributed by atoms with Crippen LogP contribution in [0, 0.1) is 34.5 Å². The molecule has 3 saturated carbocycles. The summed E-state index contributed by atoms with van der Waals surface area (Å²) in [5.74, 6) is 3.28. The van der Waals surface area contributed by atoms with E-state index in [-0.39, 0.29) is 11.5 Å². The van der Waals surface area contributed by atoms with Crippen molar-refractivity contribution in [3.63, 3.8) is 0 Å². The third-order valence-electron chi connectivity index (χ3n) is 8.13. The summed E-state index contributed by atoms with van der Waals surface area (Å²) in [7, 11) is 1.87. The van der Waals surface area contributed by atoms with Crippen molar-refractivity contribution in [1.82, 2.24) is 0 Å². The monoisotopic (exact) mass is 302 g/mol. The molecule has 0 aromatic carbocycles. The van der Waals surface area contributed by atoms with Crippen LogP contribution >= 0.6 is 0 Å². The topological polar surface area (TPSA) is 26.3 Å². The van der Waals surface area contributed by atoms with Gasteiger partial charge in [0.1, 0.15) is 5.78 Å². The van der Waals surface area contributed by atoms with Gasteiger partial charge in [-0.15, -0.1) is 0 Å². The number of fused-ring (bicyclic) bond motifs is 5. The number of Topliss-reactive ketones (excluding diaryl/α,β-unsaturated/α-hetero) is 1. The zero-order valence-electron chi connectivity index (χ0n) is 14.3. The van der Waals surface area contributed by atoms with Crippen molar-refractivity contribution in [1.29, 1.82) is 0 Å². The van der Waals surface area contributed by atoms with Gasteiger partial charge in [-0.25, -0.2) is 0 Å². The second-order valence-electron chi connectivity index (χ2n) is 8.85. The molecule has 0 radical (unpaired) electrons. The third-order valence-corrected chi connectivity index (χ3v) is 8.13. The van der Waals surface area contributed by atoms with Gasteiger partial charge in [0.15, 0.2) is 0 Å². The minimum atomic E-state index is -0.102. The Morgan fingerprint density at radius 3 is 2.77 bits per heavy atom. The SMILES string of the molecule is CO[C@H]1C[C@]2(C)C(=O)CC[C@H]2[C@@H]2CC[C@H]3CC=CC[C@]3(C)[C@H]21. The summed E-state index contributed by atoms with van der Waals surface area (Å²) < 4.78 is 6.02. The van der Waals surface area contributed by atoms with Crippen molar-refractivity contribution in [2.45, 2.75) is 64.9 Å². The summed E-state index contributed by atoms with van der Waals surface area (Å²) in [6, 6.07) is 0. The van der Waals surface area contributed by atoms with Crippen LogP contribution in [0.5, 0.6) is 0 Å². The predicted molar refractivity (Wildman–Crippen MR) is 87.4 cm³/mol. The normalized spacial score (nSPS) is 53.8. The highest BCUT2D eigenvalue weighted by molar-refractivity contribution is 5.87. The Labute approximate surface area is 134 Å². The molecule has 2 heteroatoms. The van der Waals surface area contributed by atoms with Crippen LogP contribution in [0.1, 0.15) is 58.8 Å². The van der Waals surface area contributed by atoms with E-state index in [0.717, 1.165) is 25.2 Å². The van der Waals surface area contributed by atoms with E-state index in [1.54, 1.807) is 0 Å². The third kappa shape index (κ3) is 1.79. The quantitative estimate of drug-likeness (QED) is 0.672. The molecular formula is C20H30O2. The minimum absolute atomic E-state index is 0.102. The molecule has 2 nitrogen and oxygen atoms in total. The molecule has 4 rings (SSSR count). The Morgan fingerprint density at radius 2 is 2.00 bits per heavy atom. The summed E-state index contributed by atoms with van der Waals surface area (Å²) in [6.07, 6.45) is 13.1. The Kier molecular flexibility index (Phi) is 3.35. The molecule has 0 aliphatic heterocycles. The largest absolute Gasteiger partial charge is 0.381 e. The van der Waals surface area contributed by atoms with Gasteiger partial charge < -0.3 is 4.74 Å². The first-order valence-corrected chi connectivity index (χ1v) is 9.22. The number of hydrogen-bond donors (Lipinski definition) is 0. The molecule has 4 aliphatic carbocycles. The lowest BCUT2D eigenvalue weighted by Crippen LogP contribution is -2.58. The van der Waals surface area contributed by atoms with Crippen LogP contribution in [0.15, 0.2) is 12.2 Å². The van der Waals surface area contributed by atoms with Crippen LogP contribution in [0.2, 0.25) is 0 Å². The molecule has 3 fully saturated rings. The van der Waals surface area contributed by atoms with Crippen molar-refractivity contribution in [2.75, 3.05) is 7.11 Å². The van der Waals surface area contributed by atoms with Crippen LogP contribution in [0.4, 0.5) is 0 Å². The van der Waals surface area contributed by atoms with E-state index >= 15 is 0 Å². The van der Waals surface area contributed by atoms with E-state index in [0.29, 0.717) is 29.0 Å². The van der Waals surface area contributed by atoms with E-state index in [9.17, 15) is 4.79 Å². The lowest BCUT2D eigenvalue weighted by Gasteiger charge is -2.60. The average molecular weight is 302 g/mol. The number of hydrogen-bond acceptors (Lipinski definition) is 2. The zero-order valence-corrected chi connectivity index (χ0v) is 14.3. The van der Waals surface area contributed by atoms with Crippen LogP contribution in [0.3, 0.4) is 0 Å². The van der Waals surface area contributed by atoms with Gasteiger partial charge in [0, 0.05) is 18.9 Å². The predicted octanol–water partition coefficient (Wildman–Crippen LogP) is 4.39. The van der Waals surface area contributed by atoms with E-state index in [1.807, 2.05) is 7.11 Å². The number of methoxy groups -OCH3 is 1. The van der Waals surface area contributed by atoms with E-state index in [2.05, 4.69) is 26.0 Å². The standard InChI is InChI=1S/C20H30O2/c1-19-11-5-4-6-13(19)7-8-14-15-9-10-17(21)20(15,2)12-16(22-3)18(14)19/h4-5,13-16,18H,6-12H2,1-3H3/t13-,14+,15+,16+,18-,19+,20+/m1/s1. The summed E-state index contributed by atoms with van der Waals surface area (Å²) in [4.78, 5) is 12.6. The van der Waals surface area contributed by atoms with Gasteiger partial charge in [-0.05, 0) is 67.6 Å². The maximum Gasteiger partial charge on any atom is 0.139 e. The first kappa shape index (κ1) is 14.9. The second kappa shape index (κ2) is 4.93. The number of carbonyl (C=O) groups is 1. The smallest absolute Gasteiger partial charge is 0.139 e. The fraction of sp³-hybridized carbons (Fsp3) is 0.850. The maximum atomic E-state index is 12.6. The molecule has 122 valence electrons. The molecule has 0 aromatic rings. The molecule has 0 amide bonds. The molecule has 0 bridgehead atoms. The van der Waals surface area contributed by atoms with Gasteiger partial charge in [-0.3, -0.25) is 4.79 Å². The molecular weight excluding hydrogens is 272 g/mol. The molecule has 22 heavy (non-hydrogen) atoms. The first-order chi connectivity index (χ1) is 10.5. The Hall–Kier alpha value is -0.630. The molecule has 0 aromatic heterocycles. The molecule has 0 saturated heterocycles. The van der Waals surface area contributed by atoms with Gasteiger partial charge in [-0.2, -0.15) is 0 Å². The van der Waals surface area contributed by atoms with Crippen molar-refractivity contribution in [3.8, 4) is 0 Å². The Bertz CT molecular complexity index is 510. The van der Waals surface area contributed by atoms with Gasteiger partial charge >= 0.3 is 0 Å². The van der Waals surface area contributed by atoms with Crippen LogP contribution < -0.4 is 0 Å². The number of rotatable bonds is 1. The van der Waals surface area contributed by atoms with Crippen LogP contribution in [-0.2, 0) is 9.53 Å². The van der Waals surface area contributed by atoms with E-state index < -0.39 is 0 Å². The minimum Gasteiger partial charge on any atom is -0.381 e. The van der Waals surface area contributed by atoms with E-state index in [4.69, 9.17) is 4.74 Å². The maximum absolute atomic E-state index is 12.6. The van der Waals surface area contributed by atoms with Crippen molar-refractivity contribution in [3.05, 3.63) is 12.2 Å². The lowest BCUT2D eigenvalue weighted by atomic mass is 9.45. The van der Waals surface area contributed by atoms with Gasteiger partial charge in [0.2, 0.25) is 0 Å². The van der Waals surface area contributed by atoms with E-state index in [1.165, 1.54) is 25.7 Å². The summed E-state index contributed by atoms with van der Waals surface area (Å²) in [5.41, 5.74) is 0.279. The number of ether oxygens (including phenoxy) is 1. The van der Waals surface area contributed by atoms with Crippen molar-refractivity contribution in [2.24, 2.45) is 34.5 Å². The van der Waals surface area contributed by atoms with Crippen molar-refractivity contribution < 1.29 is 9.53 Å². The zero-order chi connectivity index (χ0) is 15.5. The van der Waals surface area contributed by atoms with Gasteiger partial charge in [0.05, 0.1) is 6.10 Å². The number of allylic oxidation sites excluding steroid dienone is 2. The summed E-state index contributed by atoms with van der Waals surface area (Å²) >= 11 is 0. The van der Waals surface area contributed by atoms with Gasteiger partial charge in [0.25, 0.3) is 0 Å². The van der Waals surface area contributed by atoms with Crippen LogP contribution in [0.25, 0.3) is 0 Å². The Morgan fingerprint density at radius 1 is 1.18 bits per heavy atom. The highest BCUT2D eigenvalue weighted by Crippen LogP contribution is 2.65. The average Bonchev–Trinajstić information content (AvgIpc) is 2.81. The second-order valence-corrected chi connectivity index (χ2v) is 8.85. The van der Waals surface area contributed by atoms with Crippen molar-refractivity contribution >= 4 is 5.78 Å². The fourth-order valence-electron chi connectivity index (χ4n) is 6.93. The molecule has 7 atom stereocenters. The summed E-state index contributed by atoms with van der Waals surface area (Å²) in [5, 5.41) is 0. The first-order valence-electron chi connectivity index (χ1n) is 9.22. The highest BCUT2D eigenvalue weighted by Gasteiger charge is 2.62. The van der Waals surface area contributed by atoms with Crippen LogP contribution in [-0.4, -0.2) is 19.0 Å². The molecule has 0 unspecified atom stereocenters. The Balaban J connectivity index is 1.75. The lowest BCUT2D eigenvalue weighted by molar-refractivity contribution is -0.169. The summed E-state index contributed by atoms with van der Waals surface area (Å²) in [6.45, 7) is 4.76. The fourth-order valence-corrected chi connectivity index (χ4v) is 6.93. The molecule has 0 N–H and O–H groups in total. The molecule has 0 spiro atoms. The highest BCUT2D eigenvalue weighted by atomic mass is 16.5. The molecule has 0 heterocycles.